The van der Waals surface area contributed by atoms with E-state index in [1.54, 1.807) is 6.07 Å². The summed E-state index contributed by atoms with van der Waals surface area (Å²) in [4.78, 5) is 3.89. The van der Waals surface area contributed by atoms with Crippen molar-refractivity contribution in [2.75, 3.05) is 0 Å². The summed E-state index contributed by atoms with van der Waals surface area (Å²) in [5.41, 5.74) is 0.565. The van der Waals surface area contributed by atoms with Gasteiger partial charge in [-0.3, -0.25) is 0 Å². The molecule has 1 heterocycles. The average Bonchev–Trinajstić information content (AvgIpc) is 2.57. The number of hydrogen-bond acceptors (Lipinski definition) is 4. The Bertz CT molecular complexity index is 605. The molecule has 0 atom stereocenters. The Kier molecular flexibility index (Phi) is 2.62. The molecule has 0 N–H and O–H groups in total. The minimum absolute atomic E-state index is 0.0798. The lowest BCUT2D eigenvalue weighted by Crippen LogP contribution is -1.90. The SMILES string of the molecule is O=S(=O)(Cl)c1cccc2nc(CCl)oc12. The first-order chi connectivity index (χ1) is 7.02. The van der Waals surface area contributed by atoms with E-state index >= 15 is 0 Å². The summed E-state index contributed by atoms with van der Waals surface area (Å²) in [6.07, 6.45) is 0. The van der Waals surface area contributed by atoms with Crippen LogP contribution in [0.4, 0.5) is 0 Å². The lowest BCUT2D eigenvalue weighted by atomic mass is 10.3. The molecule has 2 aromatic rings. The Hall–Kier alpha value is -0.780. The number of oxazole rings is 1. The first-order valence-corrected chi connectivity index (χ1v) is 6.76. The van der Waals surface area contributed by atoms with E-state index in [-0.39, 0.29) is 22.2 Å². The molecule has 80 valence electrons. The van der Waals surface area contributed by atoms with Gasteiger partial charge in [0.2, 0.25) is 5.89 Å². The molecule has 0 aliphatic rings. The van der Waals surface area contributed by atoms with Crippen molar-refractivity contribution in [3.05, 3.63) is 24.1 Å². The van der Waals surface area contributed by atoms with Gasteiger partial charge < -0.3 is 4.42 Å². The van der Waals surface area contributed by atoms with Gasteiger partial charge in [0.25, 0.3) is 9.05 Å². The first kappa shape index (κ1) is 10.7. The molecule has 15 heavy (non-hydrogen) atoms. The number of para-hydroxylation sites is 1. The number of hydrogen-bond donors (Lipinski definition) is 0. The van der Waals surface area contributed by atoms with Crippen molar-refractivity contribution in [1.82, 2.24) is 4.98 Å². The second kappa shape index (κ2) is 3.66. The summed E-state index contributed by atoms with van der Waals surface area (Å²) >= 11 is 5.53. The molecule has 0 saturated heterocycles. The molecule has 1 aromatic carbocycles. The zero-order chi connectivity index (χ0) is 11.1. The number of nitrogens with zero attached hydrogens (tertiary/aromatic N) is 1. The molecule has 4 nitrogen and oxygen atoms in total. The summed E-state index contributed by atoms with van der Waals surface area (Å²) in [7, 11) is 1.41. The number of benzene rings is 1. The average molecular weight is 266 g/mol. The van der Waals surface area contributed by atoms with Gasteiger partial charge in [-0.15, -0.1) is 11.6 Å². The van der Waals surface area contributed by atoms with Crippen LogP contribution in [0, 0.1) is 0 Å². The Morgan fingerprint density at radius 2 is 2.13 bits per heavy atom. The smallest absolute Gasteiger partial charge is 0.265 e. The van der Waals surface area contributed by atoms with Gasteiger partial charge in [-0.1, -0.05) is 6.07 Å². The third-order valence-electron chi connectivity index (χ3n) is 1.80. The van der Waals surface area contributed by atoms with Gasteiger partial charge in [-0.2, -0.15) is 0 Å². The molecule has 1 aromatic heterocycles. The molecule has 7 heteroatoms. The summed E-state index contributed by atoms with van der Waals surface area (Å²) in [6.45, 7) is 0. The second-order valence-corrected chi connectivity index (χ2v) is 5.59. The Labute approximate surface area is 95.2 Å². The quantitative estimate of drug-likeness (QED) is 0.619. The van der Waals surface area contributed by atoms with E-state index in [0.29, 0.717) is 5.52 Å². The highest BCUT2D eigenvalue weighted by atomic mass is 35.7. The highest BCUT2D eigenvalue weighted by Crippen LogP contribution is 2.26. The molecule has 0 fully saturated rings. The van der Waals surface area contributed by atoms with Crippen LogP contribution in [0.25, 0.3) is 11.1 Å². The van der Waals surface area contributed by atoms with E-state index in [2.05, 4.69) is 4.98 Å². The maximum atomic E-state index is 11.2. The highest BCUT2D eigenvalue weighted by molar-refractivity contribution is 8.13. The van der Waals surface area contributed by atoms with Crippen molar-refractivity contribution in [2.24, 2.45) is 0 Å². The fraction of sp³-hybridized carbons (Fsp3) is 0.125. The number of halogens is 2. The lowest BCUT2D eigenvalue weighted by molar-refractivity contribution is 0.546. The first-order valence-electron chi connectivity index (χ1n) is 3.91. The van der Waals surface area contributed by atoms with Crippen LogP contribution >= 0.6 is 22.3 Å². The highest BCUT2D eigenvalue weighted by Gasteiger charge is 2.18. The summed E-state index contributed by atoms with van der Waals surface area (Å²) in [5, 5.41) is 0. The fourth-order valence-corrected chi connectivity index (χ4v) is 2.31. The van der Waals surface area contributed by atoms with Gasteiger partial charge in [-0.05, 0) is 12.1 Å². The third kappa shape index (κ3) is 1.95. The fourth-order valence-electron chi connectivity index (χ4n) is 1.22. The van der Waals surface area contributed by atoms with E-state index in [0.717, 1.165) is 0 Å². The molecular weight excluding hydrogens is 261 g/mol. The molecule has 0 aliphatic heterocycles. The monoisotopic (exact) mass is 265 g/mol. The predicted molar refractivity (Wildman–Crippen MR) is 56.6 cm³/mol. The summed E-state index contributed by atoms with van der Waals surface area (Å²) in [5.74, 6) is 0.343. The summed E-state index contributed by atoms with van der Waals surface area (Å²) < 4.78 is 27.5. The molecule has 0 spiro atoms. The van der Waals surface area contributed by atoms with Crippen LogP contribution in [-0.2, 0) is 14.9 Å². The van der Waals surface area contributed by atoms with Crippen LogP contribution in [0.15, 0.2) is 27.5 Å². The standard InChI is InChI=1S/C8H5Cl2NO3S/c9-4-7-11-5-2-1-3-6(8(5)14-7)15(10,12)13/h1-3H,4H2. The van der Waals surface area contributed by atoms with Crippen molar-refractivity contribution in [3.63, 3.8) is 0 Å². The topological polar surface area (TPSA) is 60.2 Å². The lowest BCUT2D eigenvalue weighted by Gasteiger charge is -1.94. The van der Waals surface area contributed by atoms with Crippen molar-refractivity contribution >= 4 is 42.4 Å². The van der Waals surface area contributed by atoms with Crippen LogP contribution < -0.4 is 0 Å². The van der Waals surface area contributed by atoms with E-state index in [4.69, 9.17) is 26.7 Å². The molecular formula is C8H5Cl2NO3S. The molecule has 0 radical (unpaired) electrons. The van der Waals surface area contributed by atoms with E-state index in [9.17, 15) is 8.42 Å². The van der Waals surface area contributed by atoms with Crippen LogP contribution in [0.3, 0.4) is 0 Å². The van der Waals surface area contributed by atoms with Crippen molar-refractivity contribution < 1.29 is 12.8 Å². The van der Waals surface area contributed by atoms with E-state index in [1.165, 1.54) is 12.1 Å². The van der Waals surface area contributed by atoms with Gasteiger partial charge >= 0.3 is 0 Å². The normalized spacial score (nSPS) is 12.1. The Morgan fingerprint density at radius 1 is 1.40 bits per heavy atom. The Balaban J connectivity index is 2.81. The van der Waals surface area contributed by atoms with Crippen molar-refractivity contribution in [3.8, 4) is 0 Å². The molecule has 0 bridgehead atoms. The van der Waals surface area contributed by atoms with Gasteiger partial charge in [-0.25, -0.2) is 13.4 Å². The zero-order valence-corrected chi connectivity index (χ0v) is 9.60. The van der Waals surface area contributed by atoms with Gasteiger partial charge in [0, 0.05) is 10.7 Å². The molecule has 0 unspecified atom stereocenters. The second-order valence-electron chi connectivity index (χ2n) is 2.78. The molecule has 0 aliphatic carbocycles. The number of aromatic nitrogens is 1. The minimum Gasteiger partial charge on any atom is -0.438 e. The molecule has 0 saturated carbocycles. The molecule has 2 rings (SSSR count). The van der Waals surface area contributed by atoms with Crippen LogP contribution in [-0.4, -0.2) is 13.4 Å². The number of rotatable bonds is 2. The maximum absolute atomic E-state index is 11.2. The van der Waals surface area contributed by atoms with E-state index < -0.39 is 9.05 Å². The van der Waals surface area contributed by atoms with Gasteiger partial charge in [0.1, 0.15) is 10.4 Å². The number of fused-ring (bicyclic) bond motifs is 1. The van der Waals surface area contributed by atoms with Gasteiger partial charge in [0.15, 0.2) is 5.58 Å². The molecule has 0 amide bonds. The van der Waals surface area contributed by atoms with Crippen LogP contribution in [0.1, 0.15) is 5.89 Å². The van der Waals surface area contributed by atoms with Crippen LogP contribution in [0.2, 0.25) is 0 Å². The third-order valence-corrected chi connectivity index (χ3v) is 3.37. The maximum Gasteiger partial charge on any atom is 0.265 e. The minimum atomic E-state index is -3.83. The van der Waals surface area contributed by atoms with E-state index in [1.807, 2.05) is 0 Å². The summed E-state index contributed by atoms with van der Waals surface area (Å²) in [6, 6.07) is 4.52. The van der Waals surface area contributed by atoms with Crippen molar-refractivity contribution in [2.45, 2.75) is 10.8 Å². The number of alkyl halides is 1. The van der Waals surface area contributed by atoms with Crippen molar-refractivity contribution in [1.29, 1.82) is 0 Å². The largest absolute Gasteiger partial charge is 0.438 e. The van der Waals surface area contributed by atoms with Gasteiger partial charge in [0.05, 0.1) is 5.88 Å². The Morgan fingerprint density at radius 3 is 2.73 bits per heavy atom. The predicted octanol–water partition coefficient (Wildman–Crippen LogP) is 2.49. The zero-order valence-electron chi connectivity index (χ0n) is 7.28. The van der Waals surface area contributed by atoms with Crippen LogP contribution in [0.5, 0.6) is 0 Å².